The molecule has 25 heavy (non-hydrogen) atoms. The number of rotatable bonds is 5. The summed E-state index contributed by atoms with van der Waals surface area (Å²) in [7, 11) is -3.70. The number of nitrogens with one attached hydrogen (secondary N) is 1. The highest BCUT2D eigenvalue weighted by Crippen LogP contribution is 2.23. The van der Waals surface area contributed by atoms with Crippen molar-refractivity contribution in [2.24, 2.45) is 5.10 Å². The predicted molar refractivity (Wildman–Crippen MR) is 99.1 cm³/mol. The SMILES string of the molecule is Cc1ccc(S(=O)(=O)Nc2ccc(Br)cc2/C=N/n2cnnc2)cc1. The Morgan fingerprint density at radius 2 is 1.80 bits per heavy atom. The van der Waals surface area contributed by atoms with Crippen molar-refractivity contribution in [3.05, 3.63) is 70.7 Å². The van der Waals surface area contributed by atoms with Crippen LogP contribution in [-0.4, -0.2) is 29.5 Å². The van der Waals surface area contributed by atoms with E-state index >= 15 is 0 Å². The van der Waals surface area contributed by atoms with Crippen LogP contribution in [0.4, 0.5) is 5.69 Å². The minimum Gasteiger partial charge on any atom is -0.279 e. The van der Waals surface area contributed by atoms with Crippen LogP contribution in [0.3, 0.4) is 0 Å². The van der Waals surface area contributed by atoms with Gasteiger partial charge < -0.3 is 0 Å². The lowest BCUT2D eigenvalue weighted by Gasteiger charge is -2.11. The van der Waals surface area contributed by atoms with Crippen molar-refractivity contribution in [3.63, 3.8) is 0 Å². The lowest BCUT2D eigenvalue weighted by atomic mass is 10.2. The Labute approximate surface area is 153 Å². The highest BCUT2D eigenvalue weighted by Gasteiger charge is 2.15. The fourth-order valence-electron chi connectivity index (χ4n) is 2.04. The van der Waals surface area contributed by atoms with Gasteiger partial charge in [0, 0.05) is 10.0 Å². The number of hydrogen-bond acceptors (Lipinski definition) is 5. The molecule has 1 N–H and O–H groups in total. The molecule has 3 aromatic rings. The molecule has 0 bridgehead atoms. The van der Waals surface area contributed by atoms with Crippen LogP contribution in [-0.2, 0) is 10.0 Å². The normalized spacial score (nSPS) is 11.8. The molecule has 0 saturated heterocycles. The monoisotopic (exact) mass is 419 g/mol. The zero-order valence-electron chi connectivity index (χ0n) is 13.2. The molecule has 0 unspecified atom stereocenters. The summed E-state index contributed by atoms with van der Waals surface area (Å²) in [5.41, 5.74) is 2.00. The van der Waals surface area contributed by atoms with Crippen LogP contribution >= 0.6 is 15.9 Å². The number of benzene rings is 2. The minimum atomic E-state index is -3.70. The average molecular weight is 420 g/mol. The Morgan fingerprint density at radius 3 is 2.48 bits per heavy atom. The van der Waals surface area contributed by atoms with Crippen molar-refractivity contribution >= 4 is 37.9 Å². The Kier molecular flexibility index (Phi) is 4.95. The summed E-state index contributed by atoms with van der Waals surface area (Å²) in [6.45, 7) is 1.90. The van der Waals surface area contributed by atoms with Crippen LogP contribution in [0, 0.1) is 6.92 Å². The van der Waals surface area contributed by atoms with Crippen LogP contribution in [0.15, 0.2) is 69.6 Å². The topological polar surface area (TPSA) is 89.2 Å². The second-order valence-electron chi connectivity index (χ2n) is 5.24. The van der Waals surface area contributed by atoms with Gasteiger partial charge in [-0.25, -0.2) is 13.1 Å². The molecule has 0 saturated carbocycles. The van der Waals surface area contributed by atoms with Crippen molar-refractivity contribution in [1.82, 2.24) is 14.9 Å². The molecule has 7 nitrogen and oxygen atoms in total. The van der Waals surface area contributed by atoms with E-state index in [1.807, 2.05) is 6.92 Å². The number of hydrogen-bond donors (Lipinski definition) is 1. The van der Waals surface area contributed by atoms with Crippen molar-refractivity contribution in [2.75, 3.05) is 4.72 Å². The molecule has 9 heteroatoms. The third-order valence-corrected chi connectivity index (χ3v) is 5.20. The van der Waals surface area contributed by atoms with E-state index in [0.717, 1.165) is 10.0 Å². The van der Waals surface area contributed by atoms with Gasteiger partial charge in [0.25, 0.3) is 10.0 Å². The van der Waals surface area contributed by atoms with E-state index in [1.54, 1.807) is 42.5 Å². The Balaban J connectivity index is 1.93. The van der Waals surface area contributed by atoms with Crippen molar-refractivity contribution < 1.29 is 8.42 Å². The number of aryl methyl sites for hydroxylation is 1. The first-order valence-corrected chi connectivity index (χ1v) is 9.50. The van der Waals surface area contributed by atoms with Gasteiger partial charge in [0.15, 0.2) is 0 Å². The highest BCUT2D eigenvalue weighted by molar-refractivity contribution is 9.10. The third kappa shape index (κ3) is 4.31. The maximum atomic E-state index is 12.6. The summed E-state index contributed by atoms with van der Waals surface area (Å²) in [6, 6.07) is 11.8. The minimum absolute atomic E-state index is 0.197. The Hall–Kier alpha value is -2.52. The van der Waals surface area contributed by atoms with Gasteiger partial charge in [0.1, 0.15) is 12.7 Å². The zero-order valence-corrected chi connectivity index (χ0v) is 15.6. The highest BCUT2D eigenvalue weighted by atomic mass is 79.9. The van der Waals surface area contributed by atoms with Gasteiger partial charge in [0.2, 0.25) is 0 Å². The van der Waals surface area contributed by atoms with E-state index < -0.39 is 10.0 Å². The first kappa shape index (κ1) is 17.3. The standard InChI is InChI=1S/C16H14BrN5O2S/c1-12-2-5-15(6-3-12)25(23,24)21-16-7-4-14(17)8-13(16)9-20-22-10-18-19-11-22/h2-11,21H,1H3/b20-9+. The van der Waals surface area contributed by atoms with Crippen molar-refractivity contribution in [1.29, 1.82) is 0 Å². The number of sulfonamides is 1. The fraction of sp³-hybridized carbons (Fsp3) is 0.0625. The van der Waals surface area contributed by atoms with Crippen molar-refractivity contribution in [3.8, 4) is 0 Å². The second-order valence-corrected chi connectivity index (χ2v) is 7.83. The fourth-order valence-corrected chi connectivity index (χ4v) is 3.50. The summed E-state index contributed by atoms with van der Waals surface area (Å²) in [5, 5.41) is 11.5. The number of halogens is 1. The summed E-state index contributed by atoms with van der Waals surface area (Å²) >= 11 is 3.38. The summed E-state index contributed by atoms with van der Waals surface area (Å²) in [4.78, 5) is 0.197. The first-order valence-electron chi connectivity index (χ1n) is 7.22. The summed E-state index contributed by atoms with van der Waals surface area (Å²) in [5.74, 6) is 0. The molecule has 2 aromatic carbocycles. The van der Waals surface area contributed by atoms with Gasteiger partial charge in [-0.3, -0.25) is 4.72 Å². The van der Waals surface area contributed by atoms with Gasteiger partial charge in [-0.15, -0.1) is 10.2 Å². The van der Waals surface area contributed by atoms with Gasteiger partial charge in [-0.2, -0.15) is 5.10 Å². The van der Waals surface area contributed by atoms with Gasteiger partial charge in [-0.05, 0) is 37.3 Å². The summed E-state index contributed by atoms with van der Waals surface area (Å²) in [6.07, 6.45) is 4.40. The Bertz CT molecular complexity index is 1000. The van der Waals surface area contributed by atoms with E-state index in [4.69, 9.17) is 0 Å². The number of nitrogens with zero attached hydrogens (tertiary/aromatic N) is 4. The largest absolute Gasteiger partial charge is 0.279 e. The quantitative estimate of drug-likeness (QED) is 0.643. The summed E-state index contributed by atoms with van der Waals surface area (Å²) < 4.78 is 30.0. The molecule has 0 atom stereocenters. The molecular formula is C16H14BrN5O2S. The molecule has 0 spiro atoms. The molecule has 3 rings (SSSR count). The molecule has 128 valence electrons. The smallest absolute Gasteiger partial charge is 0.261 e. The van der Waals surface area contributed by atoms with E-state index in [0.29, 0.717) is 11.3 Å². The van der Waals surface area contributed by atoms with Gasteiger partial charge in [0.05, 0.1) is 16.8 Å². The number of aromatic nitrogens is 3. The van der Waals surface area contributed by atoms with E-state index in [2.05, 4.69) is 36.0 Å². The van der Waals surface area contributed by atoms with Crippen LogP contribution in [0.25, 0.3) is 0 Å². The van der Waals surface area contributed by atoms with Gasteiger partial charge in [-0.1, -0.05) is 33.6 Å². The van der Waals surface area contributed by atoms with E-state index in [1.165, 1.54) is 23.5 Å². The average Bonchev–Trinajstić information content (AvgIpc) is 3.09. The third-order valence-electron chi connectivity index (χ3n) is 3.33. The van der Waals surface area contributed by atoms with Crippen LogP contribution in [0.2, 0.25) is 0 Å². The van der Waals surface area contributed by atoms with Crippen molar-refractivity contribution in [2.45, 2.75) is 11.8 Å². The molecule has 0 radical (unpaired) electrons. The number of anilines is 1. The van der Waals surface area contributed by atoms with Crippen LogP contribution in [0.1, 0.15) is 11.1 Å². The lowest BCUT2D eigenvalue weighted by molar-refractivity contribution is 0.601. The molecule has 0 aliphatic heterocycles. The maximum absolute atomic E-state index is 12.6. The molecular weight excluding hydrogens is 406 g/mol. The van der Waals surface area contributed by atoms with Gasteiger partial charge >= 0.3 is 0 Å². The maximum Gasteiger partial charge on any atom is 0.261 e. The molecule has 0 aliphatic rings. The van der Waals surface area contributed by atoms with E-state index in [-0.39, 0.29) is 4.90 Å². The second kappa shape index (κ2) is 7.16. The molecule has 1 aromatic heterocycles. The molecule has 0 amide bonds. The van der Waals surface area contributed by atoms with Crippen LogP contribution in [0.5, 0.6) is 0 Å². The lowest BCUT2D eigenvalue weighted by Crippen LogP contribution is -2.14. The Morgan fingerprint density at radius 1 is 1.12 bits per heavy atom. The predicted octanol–water partition coefficient (Wildman–Crippen LogP) is 3.03. The zero-order chi connectivity index (χ0) is 17.9. The van der Waals surface area contributed by atoms with Crippen LogP contribution < -0.4 is 4.72 Å². The molecule has 0 fully saturated rings. The molecule has 1 heterocycles. The van der Waals surface area contributed by atoms with E-state index in [9.17, 15) is 8.42 Å². The first-order chi connectivity index (χ1) is 11.9. The molecule has 0 aliphatic carbocycles.